The number of carbonyl (C=O) groups is 5. The van der Waals surface area contributed by atoms with Crippen LogP contribution < -0.4 is 22.5 Å². The molecule has 4 saturated heterocycles. The quantitative estimate of drug-likeness (QED) is 0.0271. The first kappa shape index (κ1) is 86.6. The monoisotopic (exact) mass is 1520 g/mol. The van der Waals surface area contributed by atoms with Gasteiger partial charge in [-0.15, -0.1) is 0 Å². The number of nitro benzene ring substituents is 6. The van der Waals surface area contributed by atoms with E-state index < -0.39 is 115 Å². The maximum Gasteiger partial charge on any atom is 0.363 e. The van der Waals surface area contributed by atoms with E-state index in [1.165, 1.54) is 42.0 Å². The lowest BCUT2D eigenvalue weighted by Gasteiger charge is -2.26. The lowest BCUT2D eigenvalue weighted by atomic mass is 10.1. The smallest absolute Gasteiger partial charge is 0.363 e. The van der Waals surface area contributed by atoms with Crippen LogP contribution in [-0.2, 0) is 41.5 Å². The molecular weight excluding hydrogens is 1450 g/mol. The number of nitro groups is 8. The van der Waals surface area contributed by atoms with Crippen molar-refractivity contribution >= 4 is 92.3 Å². The topological polar surface area (TPSA) is 712 Å². The molecule has 12 N–H and O–H groups in total. The molecule has 0 unspecified atom stereocenters. The number of anilines is 3. The van der Waals surface area contributed by atoms with Crippen LogP contribution in [-0.4, -0.2) is 244 Å². The number of carbonyl (C=O) groups excluding carboxylic acids is 3. The number of nitrogens with one attached hydrogen (secondary N) is 4. The van der Waals surface area contributed by atoms with Gasteiger partial charge in [-0.05, 0) is 35.4 Å². The summed E-state index contributed by atoms with van der Waals surface area (Å²) in [5.74, 6) is -4.48. The number of aromatic nitrogens is 6. The molecule has 3 aromatic heterocycles. The number of aromatic amines is 3. The summed E-state index contributed by atoms with van der Waals surface area (Å²) in [7, 11) is 2.41. The van der Waals surface area contributed by atoms with Crippen LogP contribution in [0, 0.1) is 80.9 Å². The molecule has 0 saturated carbocycles. The van der Waals surface area contributed by atoms with Crippen LogP contribution in [0.5, 0.6) is 0 Å². The van der Waals surface area contributed by atoms with Crippen molar-refractivity contribution in [3.05, 3.63) is 212 Å². The molecule has 0 spiro atoms. The third kappa shape index (κ3) is 27.8. The number of nitrogens with two attached hydrogens (primary N) is 3. The summed E-state index contributed by atoms with van der Waals surface area (Å²) >= 11 is 0. The molecule has 7 heterocycles. The number of carboxylic acids is 2. The Hall–Kier alpha value is -13.8. The van der Waals surface area contributed by atoms with Gasteiger partial charge in [0.15, 0.2) is 5.69 Å². The number of aromatic carboxylic acids is 2. The van der Waals surface area contributed by atoms with Gasteiger partial charge in [0.1, 0.15) is 12.4 Å². The van der Waals surface area contributed by atoms with Gasteiger partial charge in [0.25, 0.3) is 5.91 Å². The van der Waals surface area contributed by atoms with Crippen LogP contribution in [0.25, 0.3) is 0 Å². The molecule has 7 aromatic rings. The van der Waals surface area contributed by atoms with E-state index in [9.17, 15) is 105 Å². The summed E-state index contributed by atoms with van der Waals surface area (Å²) in [5.41, 5.74) is 14.7. The average Bonchev–Trinajstić information content (AvgIpc) is 1.21. The first-order valence-corrected chi connectivity index (χ1v) is 30.8. The number of H-pyrrole nitrogens is 3. The predicted octanol–water partition coefficient (Wildman–Crippen LogP) is 3.70. The molecule has 50 nitrogen and oxygen atoms in total. The fraction of sp³-hybridized carbons (Fsp3) is 0.345. The van der Waals surface area contributed by atoms with E-state index in [0.29, 0.717) is 74.8 Å². The minimum absolute atomic E-state index is 0.0594. The highest BCUT2D eigenvalue weighted by atomic mass is 16.7. The Morgan fingerprint density at radius 2 is 0.778 bits per heavy atom. The number of hydrogen-bond acceptors (Lipinski definition) is 36. The number of rotatable bonds is 17. The lowest BCUT2D eigenvalue weighted by Crippen LogP contribution is -2.40. The fourth-order valence-corrected chi connectivity index (χ4v) is 8.91. The lowest BCUT2D eigenvalue weighted by molar-refractivity contribution is -0.422. The zero-order valence-electron chi connectivity index (χ0n) is 56.8. The third-order valence-electron chi connectivity index (χ3n) is 14.3. The highest BCUT2D eigenvalue weighted by Gasteiger charge is 2.30. The number of esters is 2. The number of nitrogen functional groups attached to an aromatic ring is 3. The highest BCUT2D eigenvalue weighted by molar-refractivity contribution is 5.96. The maximum absolute atomic E-state index is 12.1. The van der Waals surface area contributed by atoms with Gasteiger partial charge in [-0.1, -0.05) is 12.1 Å². The molecule has 1 amide bonds. The van der Waals surface area contributed by atoms with Crippen molar-refractivity contribution in [1.82, 2.24) is 50.6 Å². The fourth-order valence-electron chi connectivity index (χ4n) is 8.91. The van der Waals surface area contributed by atoms with Crippen LogP contribution in [0.1, 0.15) is 63.3 Å². The molecule has 50 heteroatoms. The SMILES string of the molecule is C1COCCN1.COC(=O)c1[nH]ncc1N.COC(=O)c1[nH]ncc1[N+](=O)[O-].Nc1ccc(CN2CCOCC2)cc1N.O=C(O)c1[nH]ncc1[N+](=O)[O-].O=C(O)c1ccc([N+](=O)[O-])c([N+](=O)[O-])c1.O=C(c1ccc([N+](=O)[O-])c([N+](=O)[O-])c1)N1CCOCC1.O=[N+]([O-])c1ccc(CN2CCOCC2)cc1[N+](=O)[O-]. The second kappa shape index (κ2) is 44.0. The number of ether oxygens (including phenoxy) is 6. The Balaban J connectivity index is 0.000000266. The van der Waals surface area contributed by atoms with Crippen LogP contribution >= 0.6 is 0 Å². The Labute approximate surface area is 604 Å². The average molecular weight is 1520 g/mol. The van der Waals surface area contributed by atoms with Gasteiger partial charge in [-0.25, -0.2) is 19.2 Å². The third-order valence-corrected chi connectivity index (χ3v) is 14.3. The molecule has 0 aliphatic carbocycles. The number of benzene rings is 4. The Morgan fingerprint density at radius 1 is 0.417 bits per heavy atom. The van der Waals surface area contributed by atoms with Gasteiger partial charge in [0.05, 0.1) is 135 Å². The number of hydrogen-bond donors (Lipinski definition) is 9. The minimum atomic E-state index is -1.39. The van der Waals surface area contributed by atoms with Crippen LogP contribution in [0.3, 0.4) is 0 Å². The summed E-state index contributed by atoms with van der Waals surface area (Å²) in [6, 6.07) is 15.4. The standard InChI is InChI=1S/C11H11N3O6.C11H13N3O5.C11H17N3O.C7H4N2O6.C5H5N3O4.C5H7N3O2.C4H3N3O4.C4H9NO/c15-11(12-3-5-20-6-4-12)8-1-2-9(13(16)17)10(7-8)14(18)19;15-13(16)10-2-1-9(7-11(10)14(17)18)8-12-3-5-19-6-4-12;12-10-2-1-9(7-11(10)13)8-14-3-5-15-6-4-14;10-7(11)4-1-2-5(8(12)13)6(3-4)9(14)15;1-12-5(9)4-3(8(10)11)2-6-7-4;1-10-5(9)4-3(6)2-7-8-4;8-4(9)3-2(7(10)11)1-5-6-3;1-3-6-4-2-5-1/h1-2,7H,3-6H2;1-2,7H,3-6,8H2;1-2,7H,3-6,8,12-13H2;1-3H,(H,10,11);2H,1H3,(H,6,7);2H,6H2,1H3,(H,7,8);1H,(H,5,6)(H,8,9);5H,1-4H2. The summed E-state index contributed by atoms with van der Waals surface area (Å²) < 4.78 is 29.3. The summed E-state index contributed by atoms with van der Waals surface area (Å²) in [4.78, 5) is 138. The number of nitrogens with zero attached hydrogens (tertiary/aromatic N) is 14. The summed E-state index contributed by atoms with van der Waals surface area (Å²) in [6.45, 7) is 13.3. The second-order valence-electron chi connectivity index (χ2n) is 21.3. The van der Waals surface area contributed by atoms with Gasteiger partial charge < -0.3 is 66.1 Å². The van der Waals surface area contributed by atoms with Crippen molar-refractivity contribution in [2.75, 3.05) is 137 Å². The molecule has 0 radical (unpaired) electrons. The van der Waals surface area contributed by atoms with E-state index in [0.717, 1.165) is 116 Å². The van der Waals surface area contributed by atoms with Crippen molar-refractivity contribution in [3.63, 3.8) is 0 Å². The number of methoxy groups -OCH3 is 2. The zero-order chi connectivity index (χ0) is 80.2. The summed E-state index contributed by atoms with van der Waals surface area (Å²) in [6.07, 6.45) is 3.15. The van der Waals surface area contributed by atoms with Crippen LogP contribution in [0.4, 0.5) is 62.6 Å². The largest absolute Gasteiger partial charge is 0.478 e. The number of carboxylic acid groups (broad SMARTS) is 2. The number of amides is 1. The van der Waals surface area contributed by atoms with Crippen molar-refractivity contribution in [2.24, 2.45) is 0 Å². The minimum Gasteiger partial charge on any atom is -0.478 e. The van der Waals surface area contributed by atoms with Gasteiger partial charge in [-0.2, -0.15) is 15.3 Å². The summed E-state index contributed by atoms with van der Waals surface area (Å²) in [5, 5.41) is 121. The maximum atomic E-state index is 12.1. The molecule has 0 bridgehead atoms. The molecule has 4 fully saturated rings. The zero-order valence-corrected chi connectivity index (χ0v) is 56.8. The molecule has 108 heavy (non-hydrogen) atoms. The van der Waals surface area contributed by atoms with Crippen LogP contribution in [0.15, 0.2) is 91.4 Å². The van der Waals surface area contributed by atoms with E-state index in [2.05, 4.69) is 50.1 Å². The second-order valence-corrected chi connectivity index (χ2v) is 21.3. The highest BCUT2D eigenvalue weighted by Crippen LogP contribution is 2.31. The van der Waals surface area contributed by atoms with E-state index in [-0.39, 0.29) is 28.2 Å². The van der Waals surface area contributed by atoms with Crippen molar-refractivity contribution in [1.29, 1.82) is 0 Å². The normalized spacial score (nSPS) is 13.6. The van der Waals surface area contributed by atoms with E-state index >= 15 is 0 Å². The number of morpholine rings is 4. The first-order valence-electron chi connectivity index (χ1n) is 30.8. The van der Waals surface area contributed by atoms with Gasteiger partial charge in [0.2, 0.25) is 11.4 Å². The molecule has 0 atom stereocenters. The molecule has 4 aliphatic heterocycles. The molecule has 4 aromatic carbocycles. The van der Waals surface area contributed by atoms with Gasteiger partial charge in [-0.3, -0.25) is 111 Å². The Morgan fingerprint density at radius 3 is 1.16 bits per heavy atom. The molecule has 4 aliphatic rings. The Bertz CT molecular complexity index is 4260. The van der Waals surface area contributed by atoms with Crippen molar-refractivity contribution in [3.8, 4) is 0 Å². The van der Waals surface area contributed by atoms with E-state index in [1.54, 1.807) is 6.07 Å². The first-order chi connectivity index (χ1) is 51.3. The predicted molar refractivity (Wildman–Crippen MR) is 367 cm³/mol. The van der Waals surface area contributed by atoms with Crippen LogP contribution in [0.2, 0.25) is 0 Å². The Kier molecular flexibility index (Phi) is 35.3. The molecular formula is C58H69N21O29. The van der Waals surface area contributed by atoms with Gasteiger partial charge in [0, 0.05) is 107 Å². The van der Waals surface area contributed by atoms with E-state index in [4.69, 9.17) is 46.4 Å². The van der Waals surface area contributed by atoms with Gasteiger partial charge >= 0.3 is 69.4 Å². The van der Waals surface area contributed by atoms with E-state index in [1.807, 2.05) is 23.3 Å². The molecule has 580 valence electrons. The molecule has 11 rings (SSSR count). The van der Waals surface area contributed by atoms with Crippen molar-refractivity contribution < 1.29 is 102 Å². The van der Waals surface area contributed by atoms with Crippen molar-refractivity contribution in [2.45, 2.75) is 13.1 Å².